The molecule has 13 heavy (non-hydrogen) atoms. The zero-order chi connectivity index (χ0) is 9.42. The lowest BCUT2D eigenvalue weighted by atomic mass is 10.1. The van der Waals surface area contributed by atoms with Gasteiger partial charge in [0.2, 0.25) is 0 Å². The van der Waals surface area contributed by atoms with Crippen LogP contribution in [0.25, 0.3) is 5.57 Å². The lowest BCUT2D eigenvalue weighted by Crippen LogP contribution is -1.96. The zero-order valence-corrected chi connectivity index (χ0v) is 7.60. The van der Waals surface area contributed by atoms with Crippen molar-refractivity contribution >= 4 is 17.2 Å². The quantitative estimate of drug-likeness (QED) is 0.681. The third-order valence-corrected chi connectivity index (χ3v) is 2.39. The van der Waals surface area contributed by atoms with Crippen molar-refractivity contribution in [3.63, 3.8) is 0 Å². The molecule has 0 spiro atoms. The minimum atomic E-state index is 0.567. The van der Waals surface area contributed by atoms with Crippen LogP contribution in [0.3, 0.4) is 0 Å². The highest BCUT2D eigenvalue weighted by Crippen LogP contribution is 2.31. The molecule has 0 fully saturated rings. The van der Waals surface area contributed by atoms with Crippen molar-refractivity contribution in [2.45, 2.75) is 6.42 Å². The van der Waals surface area contributed by atoms with Gasteiger partial charge in [0.25, 0.3) is 0 Å². The van der Waals surface area contributed by atoms with E-state index < -0.39 is 0 Å². The molecule has 0 saturated carbocycles. The van der Waals surface area contributed by atoms with Crippen LogP contribution < -0.4 is 5.73 Å². The van der Waals surface area contributed by atoms with Crippen molar-refractivity contribution in [3.8, 4) is 6.07 Å². The van der Waals surface area contributed by atoms with E-state index >= 15 is 0 Å². The maximum absolute atomic E-state index is 8.84. The van der Waals surface area contributed by atoms with Crippen LogP contribution in [0.2, 0.25) is 5.02 Å². The van der Waals surface area contributed by atoms with E-state index in [0.717, 1.165) is 11.1 Å². The number of hydrogen-bond acceptors (Lipinski definition) is 2. The van der Waals surface area contributed by atoms with E-state index in [4.69, 9.17) is 22.6 Å². The molecule has 0 heterocycles. The average molecular weight is 191 g/mol. The van der Waals surface area contributed by atoms with E-state index in [1.807, 2.05) is 12.1 Å². The number of nitriles is 1. The molecule has 2 N–H and O–H groups in total. The molecule has 0 bridgehead atoms. The van der Waals surface area contributed by atoms with E-state index in [0.29, 0.717) is 22.7 Å². The third kappa shape index (κ3) is 1.18. The van der Waals surface area contributed by atoms with Gasteiger partial charge in [-0.25, -0.2) is 0 Å². The van der Waals surface area contributed by atoms with Crippen LogP contribution in [0.1, 0.15) is 11.1 Å². The fraction of sp³-hybridized carbons (Fsp3) is 0.100. The fourth-order valence-corrected chi connectivity index (χ4v) is 1.71. The second kappa shape index (κ2) is 2.79. The molecular weight excluding hydrogens is 184 g/mol. The Morgan fingerprint density at radius 2 is 2.23 bits per heavy atom. The summed E-state index contributed by atoms with van der Waals surface area (Å²) < 4.78 is 0. The van der Waals surface area contributed by atoms with Crippen molar-refractivity contribution in [3.05, 3.63) is 40.0 Å². The van der Waals surface area contributed by atoms with Crippen LogP contribution in [0.15, 0.2) is 23.9 Å². The summed E-state index contributed by atoms with van der Waals surface area (Å²) in [5, 5.41) is 9.48. The molecule has 0 radical (unpaired) electrons. The van der Waals surface area contributed by atoms with Gasteiger partial charge in [0.1, 0.15) is 6.07 Å². The van der Waals surface area contributed by atoms with Gasteiger partial charge in [-0.1, -0.05) is 17.7 Å². The number of nitrogens with two attached hydrogens (primary N) is 1. The molecule has 0 amide bonds. The number of hydrogen-bond donors (Lipinski definition) is 1. The second-order valence-electron chi connectivity index (χ2n) is 2.99. The van der Waals surface area contributed by atoms with Crippen LogP contribution in [0.5, 0.6) is 0 Å². The van der Waals surface area contributed by atoms with Crippen molar-refractivity contribution in [2.24, 2.45) is 5.73 Å². The Hall–Kier alpha value is -1.46. The largest absolute Gasteiger partial charge is 0.401 e. The SMILES string of the molecule is N#CC1=C(N)Cc2ccc(Cl)cc21. The Labute approximate surface area is 81.2 Å². The summed E-state index contributed by atoms with van der Waals surface area (Å²) in [4.78, 5) is 0. The molecular formula is C10H7ClN2. The predicted molar refractivity (Wildman–Crippen MR) is 51.9 cm³/mol. The summed E-state index contributed by atoms with van der Waals surface area (Å²) in [5.74, 6) is 0. The molecule has 0 unspecified atom stereocenters. The van der Waals surface area contributed by atoms with Crippen molar-refractivity contribution in [1.82, 2.24) is 0 Å². The predicted octanol–water partition coefficient (Wildman–Crippen LogP) is 2.09. The van der Waals surface area contributed by atoms with Crippen LogP contribution in [0.4, 0.5) is 0 Å². The summed E-state index contributed by atoms with van der Waals surface area (Å²) in [7, 11) is 0. The standard InChI is InChI=1S/C10H7ClN2/c11-7-2-1-6-3-10(13)9(5-12)8(6)4-7/h1-2,4H,3,13H2. The first-order valence-electron chi connectivity index (χ1n) is 3.90. The molecule has 0 aliphatic heterocycles. The molecule has 1 aliphatic carbocycles. The molecule has 0 saturated heterocycles. The first kappa shape index (κ1) is 8.15. The molecule has 2 nitrogen and oxygen atoms in total. The molecule has 64 valence electrons. The monoisotopic (exact) mass is 190 g/mol. The smallest absolute Gasteiger partial charge is 0.102 e. The fourth-order valence-electron chi connectivity index (χ4n) is 1.53. The topological polar surface area (TPSA) is 49.8 Å². The van der Waals surface area contributed by atoms with Crippen LogP contribution in [-0.2, 0) is 6.42 Å². The lowest BCUT2D eigenvalue weighted by Gasteiger charge is -1.98. The van der Waals surface area contributed by atoms with Crippen LogP contribution in [-0.4, -0.2) is 0 Å². The minimum Gasteiger partial charge on any atom is -0.401 e. The first-order chi connectivity index (χ1) is 6.22. The number of nitrogens with zero attached hydrogens (tertiary/aromatic N) is 1. The van der Waals surface area contributed by atoms with Crippen LogP contribution in [0, 0.1) is 11.3 Å². The Kier molecular flexibility index (Phi) is 1.75. The van der Waals surface area contributed by atoms with Gasteiger partial charge in [-0.05, 0) is 23.3 Å². The van der Waals surface area contributed by atoms with Crippen LogP contribution >= 0.6 is 11.6 Å². The van der Waals surface area contributed by atoms with Crippen molar-refractivity contribution in [2.75, 3.05) is 0 Å². The van der Waals surface area contributed by atoms with Gasteiger partial charge >= 0.3 is 0 Å². The molecule has 1 aliphatic rings. The first-order valence-corrected chi connectivity index (χ1v) is 4.27. The summed E-state index contributed by atoms with van der Waals surface area (Å²) in [6, 6.07) is 7.61. The van der Waals surface area contributed by atoms with E-state index in [2.05, 4.69) is 6.07 Å². The van der Waals surface area contributed by atoms with Gasteiger partial charge in [0.15, 0.2) is 0 Å². The van der Waals surface area contributed by atoms with E-state index in [1.54, 1.807) is 6.07 Å². The highest BCUT2D eigenvalue weighted by atomic mass is 35.5. The molecule has 1 aromatic rings. The Balaban J connectivity index is 2.64. The summed E-state index contributed by atoms with van der Waals surface area (Å²) in [6.07, 6.45) is 0.662. The van der Waals surface area contributed by atoms with E-state index in [-0.39, 0.29) is 0 Å². The zero-order valence-electron chi connectivity index (χ0n) is 6.84. The van der Waals surface area contributed by atoms with E-state index in [1.165, 1.54) is 0 Å². The summed E-state index contributed by atoms with van der Waals surface area (Å²) in [6.45, 7) is 0. The van der Waals surface area contributed by atoms with Crippen molar-refractivity contribution in [1.29, 1.82) is 5.26 Å². The normalized spacial score (nSPS) is 14.2. The lowest BCUT2D eigenvalue weighted by molar-refractivity contribution is 1.16. The van der Waals surface area contributed by atoms with Gasteiger partial charge in [0, 0.05) is 17.1 Å². The Bertz CT molecular complexity index is 441. The van der Waals surface area contributed by atoms with Gasteiger partial charge in [-0.3, -0.25) is 0 Å². The highest BCUT2D eigenvalue weighted by molar-refractivity contribution is 6.30. The third-order valence-electron chi connectivity index (χ3n) is 2.16. The maximum Gasteiger partial charge on any atom is 0.102 e. The Morgan fingerprint density at radius 1 is 1.46 bits per heavy atom. The number of allylic oxidation sites excluding steroid dienone is 2. The summed E-state index contributed by atoms with van der Waals surface area (Å²) in [5.41, 5.74) is 8.87. The minimum absolute atomic E-state index is 0.567. The van der Waals surface area contributed by atoms with Gasteiger partial charge in [0.05, 0.1) is 5.57 Å². The van der Waals surface area contributed by atoms with Crippen molar-refractivity contribution < 1.29 is 0 Å². The van der Waals surface area contributed by atoms with E-state index in [9.17, 15) is 0 Å². The number of fused-ring (bicyclic) bond motifs is 1. The maximum atomic E-state index is 8.84. The highest BCUT2D eigenvalue weighted by Gasteiger charge is 2.19. The van der Waals surface area contributed by atoms with Gasteiger partial charge in [-0.2, -0.15) is 5.26 Å². The molecule has 0 aromatic heterocycles. The van der Waals surface area contributed by atoms with Gasteiger partial charge < -0.3 is 5.73 Å². The summed E-state index contributed by atoms with van der Waals surface area (Å²) >= 11 is 5.82. The van der Waals surface area contributed by atoms with Gasteiger partial charge in [-0.15, -0.1) is 0 Å². The Morgan fingerprint density at radius 3 is 2.92 bits per heavy atom. The molecule has 1 aromatic carbocycles. The number of rotatable bonds is 0. The average Bonchev–Trinajstić information content (AvgIpc) is 2.40. The number of benzene rings is 1. The second-order valence-corrected chi connectivity index (χ2v) is 3.43. The molecule has 2 rings (SSSR count). The molecule has 3 heteroatoms. The molecule has 0 atom stereocenters. The number of halogens is 1.